The number of benzene rings is 2. The molecule has 1 saturated heterocycles. The van der Waals surface area contributed by atoms with E-state index in [4.69, 9.17) is 0 Å². The SMILES string of the molecule is Cn1ncc2cc(-c3ccc4c(c3)CC3(CCN(C#N)C3)C(=O)N4)ccc21. The number of hydrogen-bond acceptors (Lipinski definition) is 4. The Morgan fingerprint density at radius 3 is 2.85 bits per heavy atom. The number of likely N-dealkylation sites (tertiary alicyclic amines) is 1. The third-order valence-corrected chi connectivity index (χ3v) is 5.94. The summed E-state index contributed by atoms with van der Waals surface area (Å²) in [4.78, 5) is 14.4. The predicted molar refractivity (Wildman–Crippen MR) is 103 cm³/mol. The van der Waals surface area contributed by atoms with Crippen molar-refractivity contribution >= 4 is 22.5 Å². The van der Waals surface area contributed by atoms with Gasteiger partial charge in [-0.1, -0.05) is 12.1 Å². The van der Waals surface area contributed by atoms with Gasteiger partial charge in [-0.15, -0.1) is 0 Å². The Kier molecular flexibility index (Phi) is 3.28. The molecule has 2 aliphatic rings. The second kappa shape index (κ2) is 5.58. The fourth-order valence-electron chi connectivity index (χ4n) is 4.37. The van der Waals surface area contributed by atoms with E-state index in [0.29, 0.717) is 19.5 Å². The number of hydrogen-bond donors (Lipinski definition) is 1. The van der Waals surface area contributed by atoms with E-state index in [0.717, 1.165) is 39.7 Å². The van der Waals surface area contributed by atoms with E-state index < -0.39 is 5.41 Å². The van der Waals surface area contributed by atoms with Gasteiger partial charge in [0, 0.05) is 31.2 Å². The summed E-state index contributed by atoms with van der Waals surface area (Å²) in [5, 5.41) is 17.7. The van der Waals surface area contributed by atoms with Gasteiger partial charge in [0.1, 0.15) is 0 Å². The number of aryl methyl sites for hydroxylation is 1. The summed E-state index contributed by atoms with van der Waals surface area (Å²) in [5.41, 5.74) is 4.89. The van der Waals surface area contributed by atoms with Crippen LogP contribution in [0.2, 0.25) is 0 Å². The van der Waals surface area contributed by atoms with Crippen molar-refractivity contribution in [2.75, 3.05) is 18.4 Å². The second-order valence-corrected chi connectivity index (χ2v) is 7.60. The summed E-state index contributed by atoms with van der Waals surface area (Å²) in [6.45, 7) is 1.15. The average Bonchev–Trinajstić information content (AvgIpc) is 3.27. The molecule has 27 heavy (non-hydrogen) atoms. The first-order chi connectivity index (χ1) is 13.1. The van der Waals surface area contributed by atoms with Gasteiger partial charge in [0.25, 0.3) is 0 Å². The summed E-state index contributed by atoms with van der Waals surface area (Å²) in [5.74, 6) is 0.0391. The molecular formula is C21H19N5O. The van der Waals surface area contributed by atoms with Gasteiger partial charge in [-0.2, -0.15) is 10.4 Å². The van der Waals surface area contributed by atoms with E-state index >= 15 is 0 Å². The monoisotopic (exact) mass is 357 g/mol. The van der Waals surface area contributed by atoms with Gasteiger partial charge in [-0.3, -0.25) is 9.48 Å². The van der Waals surface area contributed by atoms with Gasteiger partial charge in [0.2, 0.25) is 5.91 Å². The highest BCUT2D eigenvalue weighted by Crippen LogP contribution is 2.41. The first-order valence-electron chi connectivity index (χ1n) is 9.09. The standard InChI is InChI=1S/C21H19N5O/c1-25-19-5-3-15(9-17(19)11-23-25)14-2-4-18-16(8-14)10-21(20(27)24-18)6-7-26(12-21)13-22/h2-5,8-9,11H,6-7,10,12H2,1H3,(H,24,27). The zero-order valence-electron chi connectivity index (χ0n) is 15.1. The Bertz CT molecular complexity index is 1130. The maximum absolute atomic E-state index is 12.7. The van der Waals surface area contributed by atoms with Crippen LogP contribution in [-0.2, 0) is 18.3 Å². The number of amides is 1. The van der Waals surface area contributed by atoms with Crippen LogP contribution in [0.5, 0.6) is 0 Å². The number of fused-ring (bicyclic) bond motifs is 2. The zero-order chi connectivity index (χ0) is 18.6. The third-order valence-electron chi connectivity index (χ3n) is 5.94. The average molecular weight is 357 g/mol. The summed E-state index contributed by atoms with van der Waals surface area (Å²) in [6, 6.07) is 12.5. The third kappa shape index (κ3) is 2.39. The summed E-state index contributed by atoms with van der Waals surface area (Å²) < 4.78 is 1.87. The molecule has 1 amide bonds. The number of aromatic nitrogens is 2. The quantitative estimate of drug-likeness (QED) is 0.680. The molecule has 6 heteroatoms. The van der Waals surface area contributed by atoms with Gasteiger partial charge in [-0.25, -0.2) is 0 Å². The fraction of sp³-hybridized carbons (Fsp3) is 0.286. The van der Waals surface area contributed by atoms with Crippen molar-refractivity contribution in [3.63, 3.8) is 0 Å². The smallest absolute Gasteiger partial charge is 0.232 e. The highest BCUT2D eigenvalue weighted by molar-refractivity contribution is 5.99. The van der Waals surface area contributed by atoms with Crippen LogP contribution in [0.3, 0.4) is 0 Å². The predicted octanol–water partition coefficient (Wildman–Crippen LogP) is 2.91. The van der Waals surface area contributed by atoms with Crippen molar-refractivity contribution in [2.45, 2.75) is 12.8 Å². The molecule has 1 aromatic heterocycles. The number of carbonyl (C=O) groups excluding carboxylic acids is 1. The minimum Gasteiger partial charge on any atom is -0.325 e. The van der Waals surface area contributed by atoms with E-state index in [9.17, 15) is 10.1 Å². The molecular weight excluding hydrogens is 338 g/mol. The van der Waals surface area contributed by atoms with Crippen LogP contribution in [0.25, 0.3) is 22.0 Å². The lowest BCUT2D eigenvalue weighted by molar-refractivity contribution is -0.125. The molecule has 0 radical (unpaired) electrons. The number of nitrogens with zero attached hydrogens (tertiary/aromatic N) is 4. The largest absolute Gasteiger partial charge is 0.325 e. The van der Waals surface area contributed by atoms with E-state index in [1.54, 1.807) is 4.90 Å². The van der Waals surface area contributed by atoms with Crippen LogP contribution in [-0.4, -0.2) is 33.7 Å². The lowest BCUT2D eigenvalue weighted by Gasteiger charge is -2.33. The summed E-state index contributed by atoms with van der Waals surface area (Å²) >= 11 is 0. The Hall–Kier alpha value is -3.33. The maximum Gasteiger partial charge on any atom is 0.232 e. The van der Waals surface area contributed by atoms with Crippen molar-refractivity contribution in [2.24, 2.45) is 12.5 Å². The molecule has 1 unspecified atom stereocenters. The molecule has 1 spiro atoms. The normalized spacial score (nSPS) is 21.3. The lowest BCUT2D eigenvalue weighted by Crippen LogP contribution is -2.43. The molecule has 2 aliphatic heterocycles. The minimum atomic E-state index is -0.491. The van der Waals surface area contributed by atoms with Crippen LogP contribution in [0.1, 0.15) is 12.0 Å². The number of anilines is 1. The number of nitriles is 1. The highest BCUT2D eigenvalue weighted by atomic mass is 16.2. The Balaban J connectivity index is 1.53. The molecule has 134 valence electrons. The molecule has 0 saturated carbocycles. The molecule has 0 aliphatic carbocycles. The number of nitrogens with one attached hydrogen (secondary N) is 1. The molecule has 3 aromatic rings. The van der Waals surface area contributed by atoms with Gasteiger partial charge >= 0.3 is 0 Å². The molecule has 5 rings (SSSR count). The minimum absolute atomic E-state index is 0.0391. The molecule has 6 nitrogen and oxygen atoms in total. The Labute approximate surface area is 157 Å². The Morgan fingerprint density at radius 1 is 1.22 bits per heavy atom. The first kappa shape index (κ1) is 15.9. The van der Waals surface area contributed by atoms with E-state index in [1.807, 2.05) is 30.1 Å². The van der Waals surface area contributed by atoms with Crippen molar-refractivity contribution < 1.29 is 4.79 Å². The zero-order valence-corrected chi connectivity index (χ0v) is 15.1. The molecule has 2 aromatic carbocycles. The van der Waals surface area contributed by atoms with E-state index in [2.05, 4.69) is 40.9 Å². The molecule has 0 bridgehead atoms. The Morgan fingerprint density at radius 2 is 2.04 bits per heavy atom. The van der Waals surface area contributed by atoms with Crippen LogP contribution in [0, 0.1) is 16.9 Å². The lowest BCUT2D eigenvalue weighted by atomic mass is 9.76. The van der Waals surface area contributed by atoms with Gasteiger partial charge < -0.3 is 10.2 Å². The molecule has 3 heterocycles. The summed E-state index contributed by atoms with van der Waals surface area (Å²) in [7, 11) is 1.94. The van der Waals surface area contributed by atoms with Crippen molar-refractivity contribution in [3.05, 3.63) is 48.2 Å². The molecule has 1 fully saturated rings. The van der Waals surface area contributed by atoms with Gasteiger partial charge in [0.15, 0.2) is 6.19 Å². The maximum atomic E-state index is 12.7. The van der Waals surface area contributed by atoms with Crippen LogP contribution in [0.4, 0.5) is 5.69 Å². The van der Waals surface area contributed by atoms with Crippen LogP contribution < -0.4 is 5.32 Å². The van der Waals surface area contributed by atoms with Gasteiger partial charge in [-0.05, 0) is 53.8 Å². The number of carbonyl (C=O) groups is 1. The number of rotatable bonds is 1. The highest BCUT2D eigenvalue weighted by Gasteiger charge is 2.47. The first-order valence-corrected chi connectivity index (χ1v) is 9.09. The van der Waals surface area contributed by atoms with Crippen LogP contribution >= 0.6 is 0 Å². The van der Waals surface area contributed by atoms with E-state index in [1.165, 1.54) is 0 Å². The van der Waals surface area contributed by atoms with Crippen molar-refractivity contribution in [1.82, 2.24) is 14.7 Å². The fourth-order valence-corrected chi connectivity index (χ4v) is 4.37. The topological polar surface area (TPSA) is 74.0 Å². The molecule has 1 atom stereocenters. The molecule has 1 N–H and O–H groups in total. The summed E-state index contributed by atoms with van der Waals surface area (Å²) in [6.07, 6.45) is 5.45. The van der Waals surface area contributed by atoms with Crippen molar-refractivity contribution in [3.8, 4) is 17.3 Å². The van der Waals surface area contributed by atoms with E-state index in [-0.39, 0.29) is 5.91 Å². The van der Waals surface area contributed by atoms with Gasteiger partial charge in [0.05, 0.1) is 17.1 Å². The van der Waals surface area contributed by atoms with Crippen LogP contribution in [0.15, 0.2) is 42.6 Å². The second-order valence-electron chi connectivity index (χ2n) is 7.60. The van der Waals surface area contributed by atoms with Crippen molar-refractivity contribution in [1.29, 1.82) is 5.26 Å².